The Kier molecular flexibility index (Phi) is 29.4. The number of halogens is 4. The van der Waals surface area contributed by atoms with E-state index in [-0.39, 0.29) is 26.7 Å². The van der Waals surface area contributed by atoms with Crippen LogP contribution in [0.15, 0.2) is 101 Å². The van der Waals surface area contributed by atoms with Crippen molar-refractivity contribution in [3.05, 3.63) is 129 Å². The number of carbonyl (C=O) groups is 2. The van der Waals surface area contributed by atoms with Gasteiger partial charge in [-0.05, 0) is 123 Å². The number of thiocarbonyl (C=S) groups is 2. The predicted octanol–water partition coefficient (Wildman–Crippen LogP) is 12.6. The summed E-state index contributed by atoms with van der Waals surface area (Å²) in [5, 5.41) is 18.3. The summed E-state index contributed by atoms with van der Waals surface area (Å²) in [6.07, 6.45) is 2.70. The number of benzene rings is 4. The number of nitrogen functional groups attached to an aromatic ring is 1. The van der Waals surface area contributed by atoms with Gasteiger partial charge in [0.05, 0.1) is 10.1 Å². The van der Waals surface area contributed by atoms with E-state index >= 15 is 0 Å². The lowest BCUT2D eigenvalue weighted by Gasteiger charge is -2.08. The van der Waals surface area contributed by atoms with Crippen LogP contribution < -0.4 is 22.1 Å². The monoisotopic (exact) mass is 1210 g/mol. The van der Waals surface area contributed by atoms with Crippen LogP contribution in [0.1, 0.15) is 71.2 Å². The lowest BCUT2D eigenvalue weighted by atomic mass is 10.1. The summed E-state index contributed by atoms with van der Waals surface area (Å²) in [5.74, 6) is 6.24. The van der Waals surface area contributed by atoms with Gasteiger partial charge in [0.25, 0.3) is 11.8 Å². The first-order valence-electron chi connectivity index (χ1n) is 18.5. The molecule has 4 aromatic carbocycles. The van der Waals surface area contributed by atoms with Crippen LogP contribution in [-0.4, -0.2) is 64.8 Å². The molecule has 2 aromatic heterocycles. The first-order valence-corrected chi connectivity index (χ1v) is 24.1. The third kappa shape index (κ3) is 19.5. The Labute approximate surface area is 436 Å². The van der Waals surface area contributed by atoms with E-state index in [0.717, 1.165) is 56.9 Å². The zero-order chi connectivity index (χ0) is 47.4. The number of amides is 2. The van der Waals surface area contributed by atoms with Crippen molar-refractivity contribution < 1.29 is 9.59 Å². The largest absolute Gasteiger partial charge is 0.305 e. The van der Waals surface area contributed by atoms with Gasteiger partial charge >= 0.3 is 0 Å². The van der Waals surface area contributed by atoms with Crippen molar-refractivity contribution >= 4 is 134 Å². The second kappa shape index (κ2) is 31.3. The average Bonchev–Trinajstić information content (AvgIpc) is 3.83. The number of aromatic nitrogens is 6. The molecule has 0 saturated heterocycles. The predicted molar refractivity (Wildman–Crippen MR) is 294 cm³/mol. The normalized spacial score (nSPS) is 9.51. The van der Waals surface area contributed by atoms with Crippen molar-refractivity contribution in [2.75, 3.05) is 13.3 Å². The minimum absolute atomic E-state index is 0. The molecule has 13 nitrogen and oxygen atoms in total. The highest BCUT2D eigenvalue weighted by Crippen LogP contribution is 2.27. The molecule has 0 atom stereocenters. The van der Waals surface area contributed by atoms with E-state index in [1.54, 1.807) is 43.1 Å². The molecule has 0 unspecified atom stereocenters. The van der Waals surface area contributed by atoms with Gasteiger partial charge < -0.3 is 9.13 Å². The molecule has 65 heavy (non-hydrogen) atoms. The molecule has 0 spiro atoms. The minimum Gasteiger partial charge on any atom is -0.305 e. The summed E-state index contributed by atoms with van der Waals surface area (Å²) in [7, 11) is 5.47. The van der Waals surface area contributed by atoms with Gasteiger partial charge in [-0.15, -0.1) is 10.2 Å². The van der Waals surface area contributed by atoms with Crippen LogP contribution in [0.3, 0.4) is 0 Å². The first kappa shape index (κ1) is 61.2. The summed E-state index contributed by atoms with van der Waals surface area (Å²) >= 11 is 29.5. The molecule has 0 aliphatic carbocycles. The van der Waals surface area contributed by atoms with Crippen molar-refractivity contribution in [2.24, 2.45) is 24.9 Å². The Hall–Kier alpha value is -3.76. The number of aliphatic imine (C=N–C) groups is 1. The maximum atomic E-state index is 11.7. The Balaban J connectivity index is 0.000000812. The number of hydrazine groups is 2. The number of hydrogen-bond acceptors (Lipinski definition) is 11. The van der Waals surface area contributed by atoms with Gasteiger partial charge in [-0.25, -0.2) is 10.8 Å². The summed E-state index contributed by atoms with van der Waals surface area (Å²) in [6.45, 7) is 9.96. The first-order chi connectivity index (χ1) is 29.8. The number of thioether (sulfide) groups is 1. The molecular weight excluding hydrogens is 1160 g/mol. The van der Waals surface area contributed by atoms with Gasteiger partial charge in [0, 0.05) is 61.3 Å². The van der Waals surface area contributed by atoms with Gasteiger partial charge in [0.1, 0.15) is 0 Å². The molecule has 2 heterocycles. The molecule has 6 rings (SSSR count). The third-order valence-corrected chi connectivity index (χ3v) is 13.6. The highest BCUT2D eigenvalue weighted by Gasteiger charge is 2.11. The molecule has 0 radical (unpaired) electrons. The highest BCUT2D eigenvalue weighted by molar-refractivity contribution is 9.11. The Bertz CT molecular complexity index is 2630. The van der Waals surface area contributed by atoms with Crippen LogP contribution >= 0.6 is 112 Å². The van der Waals surface area contributed by atoms with Crippen LogP contribution in [0.25, 0.3) is 22.8 Å². The summed E-state index contributed by atoms with van der Waals surface area (Å²) in [5.41, 5.74) is 15.2. The van der Waals surface area contributed by atoms with Gasteiger partial charge in [-0.2, -0.15) is 5.10 Å². The number of aryl methyl sites for hydroxylation is 4. The molecule has 0 aliphatic heterocycles. The molecule has 0 fully saturated rings. The van der Waals surface area contributed by atoms with Crippen LogP contribution in [0.4, 0.5) is 0 Å². The topological polar surface area (TPSA) is 173 Å². The van der Waals surface area contributed by atoms with Crippen molar-refractivity contribution in [2.45, 2.75) is 61.0 Å². The number of nitrogens with one attached hydrogen (secondary N) is 4. The van der Waals surface area contributed by atoms with Gasteiger partial charge in [0.15, 0.2) is 21.6 Å². The van der Waals surface area contributed by atoms with Gasteiger partial charge in [-0.3, -0.25) is 31.0 Å². The fraction of sp³-hybridized carbons (Fsp3) is 0.273. The Morgan fingerprint density at radius 1 is 0.754 bits per heavy atom. The number of nitrogens with two attached hydrogens (primary N) is 1. The quantitative estimate of drug-likeness (QED) is 0.0268. The van der Waals surface area contributed by atoms with Gasteiger partial charge in [-0.1, -0.05) is 146 Å². The lowest BCUT2D eigenvalue weighted by molar-refractivity contribution is 0.0939. The van der Waals surface area contributed by atoms with Crippen molar-refractivity contribution in [1.29, 1.82) is 0 Å². The fourth-order valence-electron chi connectivity index (χ4n) is 4.65. The Morgan fingerprint density at radius 3 is 1.54 bits per heavy atom. The van der Waals surface area contributed by atoms with Crippen LogP contribution in [0, 0.1) is 32.5 Å². The van der Waals surface area contributed by atoms with Crippen LogP contribution in [0.5, 0.6) is 0 Å². The van der Waals surface area contributed by atoms with E-state index in [9.17, 15) is 9.59 Å². The van der Waals surface area contributed by atoms with Crippen LogP contribution in [-0.2, 0) is 14.1 Å². The number of H-pyrrole nitrogens is 1. The summed E-state index contributed by atoms with van der Waals surface area (Å²) < 4.78 is 8.48. The zero-order valence-electron chi connectivity index (χ0n) is 35.9. The number of aromatic amines is 1. The molecule has 21 heteroatoms. The van der Waals surface area contributed by atoms with Crippen molar-refractivity contribution in [3.8, 4) is 22.8 Å². The second-order valence-electron chi connectivity index (χ2n) is 13.0. The standard InChI is InChI=1S/C11H12BrN3S.C11H13BrN2OS.C10H10BrN3S.C8H9BrN2O.C2H3NS.2CH4/c1-7-4-5-8(6-9(7)12)10-13-14-11(16-3)15(10)2;1-3-10(16)13-14-11(15)8-5-4-7(2)9(12)6-8;1-6-3-4-7(5-8(6)11)9-12-13-10(15)14(9)2;1-5-2-3-6(4-7(5)9)8(12)11-10;1-3-2-4;;/h4-6H,1-3H3;4-6H,3H2,1-2H3,(H,13,16)(H,14,15);3-5H,1-2H3,(H,13,15);2-4H,10H2,1H3,(H,11,12);1H3;2*1H4. The van der Waals surface area contributed by atoms with Crippen LogP contribution in [0.2, 0.25) is 0 Å². The van der Waals surface area contributed by atoms with Crippen molar-refractivity contribution in [1.82, 2.24) is 45.8 Å². The number of isothiocyanates is 1. The molecule has 0 aliphatic rings. The minimum atomic E-state index is -0.282. The zero-order valence-corrected chi connectivity index (χ0v) is 45.5. The average molecular weight is 1220 g/mol. The van der Waals surface area contributed by atoms with E-state index in [2.05, 4.69) is 161 Å². The second-order valence-corrected chi connectivity index (χ2v) is 18.2. The van der Waals surface area contributed by atoms with E-state index < -0.39 is 0 Å². The summed E-state index contributed by atoms with van der Waals surface area (Å²) in [6, 6.07) is 23.1. The van der Waals surface area contributed by atoms with Crippen molar-refractivity contribution in [3.63, 3.8) is 0 Å². The molecular formula is C44H55Br4N11O2S4. The van der Waals surface area contributed by atoms with E-state index in [1.807, 2.05) is 74.5 Å². The highest BCUT2D eigenvalue weighted by atomic mass is 79.9. The maximum absolute atomic E-state index is 11.7. The summed E-state index contributed by atoms with van der Waals surface area (Å²) in [4.78, 5) is 26.6. The molecule has 6 aromatic rings. The van der Waals surface area contributed by atoms with E-state index in [1.165, 1.54) is 11.1 Å². The molecule has 0 bridgehead atoms. The fourth-order valence-corrected chi connectivity index (χ4v) is 6.83. The number of rotatable bonds is 6. The number of carbonyl (C=O) groups excluding carboxylic acids is 2. The SMILES string of the molecule is C.C.CCC(=S)NNC(=O)c1ccc(C)c(Br)c1.CN=C=S.CSc1nnc(-c2ccc(C)c(Br)c2)n1C.Cc1ccc(-c2n[nH]c(=S)n2C)cc1Br.Cc1ccc(C(=O)NN)cc1Br. The number of hydrogen-bond donors (Lipinski definition) is 5. The molecule has 6 N–H and O–H groups in total. The van der Waals surface area contributed by atoms with E-state index in [4.69, 9.17) is 30.3 Å². The lowest BCUT2D eigenvalue weighted by Crippen LogP contribution is -2.40. The van der Waals surface area contributed by atoms with Gasteiger partial charge in [0.2, 0.25) is 0 Å². The molecule has 2 amide bonds. The van der Waals surface area contributed by atoms with E-state index in [0.29, 0.717) is 27.3 Å². The third-order valence-electron chi connectivity index (χ3n) is 8.48. The maximum Gasteiger partial charge on any atom is 0.269 e. The number of nitrogens with zero attached hydrogens (tertiary/aromatic N) is 6. The Morgan fingerprint density at radius 2 is 1.18 bits per heavy atom. The molecule has 0 saturated carbocycles. The smallest absolute Gasteiger partial charge is 0.269 e. The molecule has 350 valence electrons.